The fourth-order valence-electron chi connectivity index (χ4n) is 3.89. The average molecular weight is 472 g/mol. The Bertz CT molecular complexity index is 1630. The van der Waals surface area contributed by atoms with Crippen LogP contribution in [0.15, 0.2) is 108 Å². The number of benzene rings is 4. The van der Waals surface area contributed by atoms with Gasteiger partial charge in [0.25, 0.3) is 0 Å². The van der Waals surface area contributed by atoms with E-state index in [0.717, 1.165) is 22.2 Å². The van der Waals surface area contributed by atoms with Gasteiger partial charge in [-0.2, -0.15) is 9.78 Å². The Kier molecular flexibility index (Phi) is 6.30. The molecule has 0 radical (unpaired) electrons. The summed E-state index contributed by atoms with van der Waals surface area (Å²) in [6.45, 7) is 1.88. The van der Waals surface area contributed by atoms with Gasteiger partial charge in [0.15, 0.2) is 5.78 Å². The second-order valence-electron chi connectivity index (χ2n) is 8.10. The minimum Gasteiger partial charge on any atom is -0.438 e. The van der Waals surface area contributed by atoms with Crippen LogP contribution in [0, 0.1) is 6.92 Å². The van der Waals surface area contributed by atoms with Crippen LogP contribution in [-0.2, 0) is 0 Å². The van der Waals surface area contributed by atoms with Crippen LogP contribution < -0.4 is 4.74 Å². The lowest BCUT2D eigenvalue weighted by molar-refractivity contribution is 0.104. The Morgan fingerprint density at radius 2 is 1.67 bits per heavy atom. The van der Waals surface area contributed by atoms with Crippen molar-refractivity contribution in [3.05, 3.63) is 130 Å². The highest BCUT2D eigenvalue weighted by molar-refractivity contribution is 6.07. The molecule has 1 heterocycles. The number of nitrogens with zero attached hydrogens (tertiary/aromatic N) is 5. The fraction of sp³-hybridized carbons (Fsp3) is 0.0345. The summed E-state index contributed by atoms with van der Waals surface area (Å²) in [6, 6.07) is 30.2. The van der Waals surface area contributed by atoms with Crippen molar-refractivity contribution in [3.63, 3.8) is 0 Å². The van der Waals surface area contributed by atoms with Crippen LogP contribution >= 0.6 is 0 Å². The van der Waals surface area contributed by atoms with E-state index in [2.05, 4.69) is 16.1 Å². The number of hydrogen-bond acceptors (Lipinski definition) is 4. The van der Waals surface area contributed by atoms with Gasteiger partial charge in [-0.3, -0.25) is 4.79 Å². The Hall–Kier alpha value is -5.13. The third-order valence-corrected chi connectivity index (χ3v) is 5.71. The lowest BCUT2D eigenvalue weighted by Gasteiger charge is -2.11. The second kappa shape index (κ2) is 10.0. The maximum Gasteiger partial charge on any atom is 0.230 e. The Morgan fingerprint density at radius 3 is 2.42 bits per heavy atom. The van der Waals surface area contributed by atoms with E-state index in [1.54, 1.807) is 35.0 Å². The minimum absolute atomic E-state index is 0.189. The molecule has 0 aliphatic heterocycles. The van der Waals surface area contributed by atoms with Gasteiger partial charge in [0, 0.05) is 16.2 Å². The first-order chi connectivity index (χ1) is 17.6. The first-order valence-corrected chi connectivity index (χ1v) is 11.3. The van der Waals surface area contributed by atoms with E-state index in [-0.39, 0.29) is 5.78 Å². The molecule has 0 spiro atoms. The van der Waals surface area contributed by atoms with E-state index < -0.39 is 0 Å². The van der Waals surface area contributed by atoms with Crippen molar-refractivity contribution in [1.29, 1.82) is 0 Å². The number of carbonyl (C=O) groups excluding carboxylic acids is 1. The van der Waals surface area contributed by atoms with Crippen molar-refractivity contribution in [2.24, 2.45) is 5.11 Å². The summed E-state index contributed by atoms with van der Waals surface area (Å²) >= 11 is 0. The predicted octanol–water partition coefficient (Wildman–Crippen LogP) is 7.96. The molecule has 7 nitrogen and oxygen atoms in total. The highest BCUT2D eigenvalue weighted by atomic mass is 16.5. The summed E-state index contributed by atoms with van der Waals surface area (Å²) in [7, 11) is 0. The number of ketones is 1. The number of ether oxygens (including phenoxy) is 1. The standard InChI is InChI=1S/C29H21N5O2/c1-20-27(17-18-28(35)22-11-14-24(15-12-22)31-33-30)29(34(32-20)25-9-3-2-4-10-25)36-26-16-13-21-7-5-6-8-23(21)19-26/h2-19H,1H3/b18-17+. The lowest BCUT2D eigenvalue weighted by atomic mass is 10.1. The third-order valence-electron chi connectivity index (χ3n) is 5.71. The smallest absolute Gasteiger partial charge is 0.230 e. The highest BCUT2D eigenvalue weighted by Gasteiger charge is 2.18. The molecule has 0 unspecified atom stereocenters. The molecule has 0 N–H and O–H groups in total. The number of aryl methyl sites for hydroxylation is 1. The van der Waals surface area contributed by atoms with E-state index in [9.17, 15) is 4.79 Å². The molecule has 0 aliphatic rings. The Balaban J connectivity index is 1.53. The number of azide groups is 1. The van der Waals surface area contributed by atoms with Crippen molar-refractivity contribution < 1.29 is 9.53 Å². The first-order valence-electron chi connectivity index (χ1n) is 11.3. The summed E-state index contributed by atoms with van der Waals surface area (Å²) in [6.07, 6.45) is 3.22. The van der Waals surface area contributed by atoms with Crippen LogP contribution in [0.25, 0.3) is 33.0 Å². The SMILES string of the molecule is Cc1nn(-c2ccccc2)c(Oc2ccc3ccccc3c2)c1/C=C/C(=O)c1ccc(N=[N+]=[N-])cc1. The third kappa shape index (κ3) is 4.73. The van der Waals surface area contributed by atoms with Crippen LogP contribution in [0.1, 0.15) is 21.6 Å². The van der Waals surface area contributed by atoms with Gasteiger partial charge >= 0.3 is 0 Å². The summed E-state index contributed by atoms with van der Waals surface area (Å²) in [5, 5.41) is 10.4. The quantitative estimate of drug-likeness (QED) is 0.0792. The van der Waals surface area contributed by atoms with Crippen molar-refractivity contribution in [2.75, 3.05) is 0 Å². The molecule has 5 aromatic rings. The summed E-state index contributed by atoms with van der Waals surface area (Å²) in [4.78, 5) is 15.6. The molecular formula is C29H21N5O2. The van der Waals surface area contributed by atoms with Crippen LogP contribution in [0.4, 0.5) is 5.69 Å². The van der Waals surface area contributed by atoms with Gasteiger partial charge in [0.1, 0.15) is 5.75 Å². The molecule has 1 aromatic heterocycles. The largest absolute Gasteiger partial charge is 0.438 e. The molecule has 36 heavy (non-hydrogen) atoms. The van der Waals surface area contributed by atoms with E-state index >= 15 is 0 Å². The molecule has 0 saturated carbocycles. The van der Waals surface area contributed by atoms with Gasteiger partial charge in [-0.05, 0) is 59.6 Å². The Morgan fingerprint density at radius 1 is 0.944 bits per heavy atom. The highest BCUT2D eigenvalue weighted by Crippen LogP contribution is 2.33. The molecule has 0 fully saturated rings. The monoisotopic (exact) mass is 471 g/mol. The van der Waals surface area contributed by atoms with Gasteiger partial charge in [-0.1, -0.05) is 77.9 Å². The molecule has 7 heteroatoms. The number of para-hydroxylation sites is 1. The van der Waals surface area contributed by atoms with E-state index in [0.29, 0.717) is 28.4 Å². The zero-order valence-electron chi connectivity index (χ0n) is 19.4. The number of rotatable bonds is 7. The topological polar surface area (TPSA) is 92.9 Å². The van der Waals surface area contributed by atoms with Gasteiger partial charge in [0.2, 0.25) is 5.88 Å². The van der Waals surface area contributed by atoms with E-state index in [1.807, 2.05) is 73.7 Å². The molecule has 4 aromatic carbocycles. The average Bonchev–Trinajstić information content (AvgIpc) is 3.22. The first kappa shape index (κ1) is 22.7. The predicted molar refractivity (Wildman–Crippen MR) is 141 cm³/mol. The molecule has 174 valence electrons. The molecule has 0 aliphatic carbocycles. The van der Waals surface area contributed by atoms with Gasteiger partial charge < -0.3 is 4.74 Å². The van der Waals surface area contributed by atoms with E-state index in [4.69, 9.17) is 15.4 Å². The zero-order chi connectivity index (χ0) is 24.9. The molecule has 0 bridgehead atoms. The zero-order valence-corrected chi connectivity index (χ0v) is 19.4. The summed E-state index contributed by atoms with van der Waals surface area (Å²) < 4.78 is 8.14. The van der Waals surface area contributed by atoms with Crippen LogP contribution in [0.5, 0.6) is 11.6 Å². The maximum atomic E-state index is 12.8. The van der Waals surface area contributed by atoms with Crippen molar-refractivity contribution in [2.45, 2.75) is 6.92 Å². The van der Waals surface area contributed by atoms with Crippen LogP contribution in [0.3, 0.4) is 0 Å². The van der Waals surface area contributed by atoms with Crippen molar-refractivity contribution >= 4 is 28.3 Å². The number of hydrogen-bond donors (Lipinski definition) is 0. The van der Waals surface area contributed by atoms with Crippen LogP contribution in [-0.4, -0.2) is 15.6 Å². The molecular weight excluding hydrogens is 450 g/mol. The normalized spacial score (nSPS) is 10.9. The van der Waals surface area contributed by atoms with E-state index in [1.165, 1.54) is 6.08 Å². The number of aromatic nitrogens is 2. The van der Waals surface area contributed by atoms with Crippen molar-refractivity contribution in [1.82, 2.24) is 9.78 Å². The lowest BCUT2D eigenvalue weighted by Crippen LogP contribution is -2.00. The van der Waals surface area contributed by atoms with Crippen LogP contribution in [0.2, 0.25) is 0 Å². The van der Waals surface area contributed by atoms with Gasteiger partial charge in [-0.25, -0.2) is 0 Å². The maximum absolute atomic E-state index is 12.8. The number of carbonyl (C=O) groups is 1. The molecule has 0 amide bonds. The number of allylic oxidation sites excluding steroid dienone is 1. The van der Waals surface area contributed by atoms with Gasteiger partial charge in [0.05, 0.1) is 16.9 Å². The summed E-state index contributed by atoms with van der Waals surface area (Å²) in [5.41, 5.74) is 11.8. The van der Waals surface area contributed by atoms with Gasteiger partial charge in [-0.15, -0.1) is 0 Å². The van der Waals surface area contributed by atoms with Crippen molar-refractivity contribution in [3.8, 4) is 17.3 Å². The summed E-state index contributed by atoms with van der Waals surface area (Å²) in [5.74, 6) is 0.989. The molecule has 5 rings (SSSR count). The Labute approximate surface area is 207 Å². The minimum atomic E-state index is -0.189. The number of fused-ring (bicyclic) bond motifs is 1. The molecule has 0 atom stereocenters. The second-order valence-corrected chi connectivity index (χ2v) is 8.10. The fourth-order valence-corrected chi connectivity index (χ4v) is 3.89. The molecule has 0 saturated heterocycles.